The van der Waals surface area contributed by atoms with Crippen LogP contribution in [0.3, 0.4) is 0 Å². The smallest absolute Gasteiger partial charge is 0.261 e. The van der Waals surface area contributed by atoms with Gasteiger partial charge in [-0.15, -0.1) is 12.6 Å². The van der Waals surface area contributed by atoms with E-state index in [1.807, 2.05) is 38.1 Å². The molecule has 0 atom stereocenters. The minimum Gasteiger partial charge on any atom is -0.380 e. The van der Waals surface area contributed by atoms with Crippen LogP contribution >= 0.6 is 12.6 Å². The molecular weight excluding hydrogens is 310 g/mol. The summed E-state index contributed by atoms with van der Waals surface area (Å²) in [6.45, 7) is 5.17. The fourth-order valence-corrected chi connectivity index (χ4v) is 2.80. The number of rotatable bonds is 7. The molecule has 0 spiro atoms. The summed E-state index contributed by atoms with van der Waals surface area (Å²) in [6, 6.07) is 9.46. The number of carbonyl (C=O) groups excluding carboxylic acids is 2. The number of thiol groups is 1. The Labute approximate surface area is 141 Å². The Kier molecular flexibility index (Phi) is 6.19. The maximum absolute atomic E-state index is 12.8. The normalized spacial score (nSPS) is 10.7. The van der Waals surface area contributed by atoms with Crippen molar-refractivity contribution in [3.8, 4) is 0 Å². The van der Waals surface area contributed by atoms with Gasteiger partial charge in [-0.1, -0.05) is 25.1 Å². The summed E-state index contributed by atoms with van der Waals surface area (Å²) in [5.74, 6) is -0.324. The first-order valence-corrected chi connectivity index (χ1v) is 8.09. The van der Waals surface area contributed by atoms with Crippen molar-refractivity contribution in [1.82, 2.24) is 4.90 Å². The Morgan fingerprint density at radius 1 is 1.30 bits per heavy atom. The molecule has 0 heterocycles. The van der Waals surface area contributed by atoms with Gasteiger partial charge >= 0.3 is 0 Å². The van der Waals surface area contributed by atoms with E-state index in [1.54, 1.807) is 6.07 Å². The molecule has 2 aromatic carbocycles. The lowest BCUT2D eigenvalue weighted by atomic mass is 9.99. The molecule has 0 unspecified atom stereocenters. The number of fused-ring (bicyclic) bond motifs is 1. The van der Waals surface area contributed by atoms with Crippen LogP contribution in [0.25, 0.3) is 10.8 Å². The van der Waals surface area contributed by atoms with E-state index in [0.29, 0.717) is 30.1 Å². The molecule has 2 rings (SSSR count). The molecule has 4 nitrogen and oxygen atoms in total. The highest BCUT2D eigenvalue weighted by Gasteiger charge is 2.19. The standard InChI is InChI=1S/C18H21NO3S/c1-3-8-22-9-7-19(12-20)18(21)16-11-15(23)10-14-6-4-5-13(2)17(14)16/h4-6,10-12,23H,3,7-9H2,1-2H3. The predicted molar refractivity (Wildman–Crippen MR) is 94.1 cm³/mol. The lowest BCUT2D eigenvalue weighted by Crippen LogP contribution is -2.33. The van der Waals surface area contributed by atoms with Gasteiger partial charge in [0.25, 0.3) is 5.91 Å². The molecule has 0 N–H and O–H groups in total. The van der Waals surface area contributed by atoms with E-state index >= 15 is 0 Å². The average Bonchev–Trinajstić information content (AvgIpc) is 2.53. The maximum Gasteiger partial charge on any atom is 0.261 e. The first-order valence-electron chi connectivity index (χ1n) is 7.64. The molecule has 0 fully saturated rings. The van der Waals surface area contributed by atoms with Crippen molar-refractivity contribution in [3.63, 3.8) is 0 Å². The summed E-state index contributed by atoms with van der Waals surface area (Å²) < 4.78 is 5.37. The van der Waals surface area contributed by atoms with Gasteiger partial charge in [-0.2, -0.15) is 0 Å². The third-order valence-electron chi connectivity index (χ3n) is 3.61. The van der Waals surface area contributed by atoms with E-state index in [4.69, 9.17) is 4.74 Å². The van der Waals surface area contributed by atoms with E-state index < -0.39 is 0 Å². The molecule has 0 saturated carbocycles. The van der Waals surface area contributed by atoms with Crippen LogP contribution in [0.2, 0.25) is 0 Å². The van der Waals surface area contributed by atoms with Gasteiger partial charge in [0.1, 0.15) is 0 Å². The topological polar surface area (TPSA) is 46.6 Å². The highest BCUT2D eigenvalue weighted by atomic mass is 32.1. The second-order valence-corrected chi connectivity index (χ2v) is 5.90. The third kappa shape index (κ3) is 4.12. The minimum absolute atomic E-state index is 0.243. The van der Waals surface area contributed by atoms with Gasteiger partial charge in [0.05, 0.1) is 13.2 Å². The Bertz CT molecular complexity index is 715. The summed E-state index contributed by atoms with van der Waals surface area (Å²) in [5.41, 5.74) is 1.49. The summed E-state index contributed by atoms with van der Waals surface area (Å²) >= 11 is 4.37. The van der Waals surface area contributed by atoms with Crippen molar-refractivity contribution in [1.29, 1.82) is 0 Å². The summed E-state index contributed by atoms with van der Waals surface area (Å²) in [4.78, 5) is 25.9. The van der Waals surface area contributed by atoms with Crippen LogP contribution in [0.4, 0.5) is 0 Å². The fraction of sp³-hybridized carbons (Fsp3) is 0.333. The number of hydrogen-bond acceptors (Lipinski definition) is 4. The number of aryl methyl sites for hydroxylation is 1. The largest absolute Gasteiger partial charge is 0.380 e. The van der Waals surface area contributed by atoms with Gasteiger partial charge in [0.15, 0.2) is 0 Å². The predicted octanol–water partition coefficient (Wildman–Crippen LogP) is 3.46. The highest BCUT2D eigenvalue weighted by Crippen LogP contribution is 2.27. The van der Waals surface area contributed by atoms with Crippen LogP contribution in [0.1, 0.15) is 29.3 Å². The molecule has 2 aromatic rings. The second-order valence-electron chi connectivity index (χ2n) is 5.38. The molecule has 2 amide bonds. The molecule has 0 saturated heterocycles. The zero-order valence-electron chi connectivity index (χ0n) is 13.4. The number of benzene rings is 2. The van der Waals surface area contributed by atoms with E-state index in [9.17, 15) is 9.59 Å². The maximum atomic E-state index is 12.8. The summed E-state index contributed by atoms with van der Waals surface area (Å²) in [7, 11) is 0. The van der Waals surface area contributed by atoms with Crippen molar-refractivity contribution in [3.05, 3.63) is 41.5 Å². The van der Waals surface area contributed by atoms with Crippen LogP contribution < -0.4 is 0 Å². The van der Waals surface area contributed by atoms with Gasteiger partial charge in [-0.05, 0) is 41.8 Å². The number of imide groups is 1. The van der Waals surface area contributed by atoms with Gasteiger partial charge in [0, 0.05) is 17.1 Å². The first kappa shape index (κ1) is 17.5. The zero-order chi connectivity index (χ0) is 16.8. The number of nitrogens with zero attached hydrogens (tertiary/aromatic N) is 1. The SMILES string of the molecule is CCCOCCN(C=O)C(=O)c1cc(S)cc2cccc(C)c12. The molecule has 0 aromatic heterocycles. The van der Waals surface area contributed by atoms with Crippen LogP contribution in [0, 0.1) is 6.92 Å². The summed E-state index contributed by atoms with van der Waals surface area (Å²) in [5, 5.41) is 1.80. The number of hydrogen-bond donors (Lipinski definition) is 1. The molecule has 0 aliphatic rings. The van der Waals surface area contributed by atoms with Crippen LogP contribution in [-0.2, 0) is 9.53 Å². The first-order chi connectivity index (χ1) is 11.1. The second kappa shape index (κ2) is 8.13. The van der Waals surface area contributed by atoms with E-state index in [-0.39, 0.29) is 12.5 Å². The number of carbonyl (C=O) groups is 2. The van der Waals surface area contributed by atoms with Crippen molar-refractivity contribution in [2.24, 2.45) is 0 Å². The van der Waals surface area contributed by atoms with Gasteiger partial charge in [-0.3, -0.25) is 14.5 Å². The third-order valence-corrected chi connectivity index (χ3v) is 3.87. The average molecular weight is 331 g/mol. The van der Waals surface area contributed by atoms with Crippen molar-refractivity contribution >= 4 is 35.7 Å². The number of ether oxygens (including phenoxy) is 1. The zero-order valence-corrected chi connectivity index (χ0v) is 14.3. The van der Waals surface area contributed by atoms with Crippen molar-refractivity contribution in [2.45, 2.75) is 25.2 Å². The molecule has 23 heavy (non-hydrogen) atoms. The Morgan fingerprint density at radius 2 is 2.09 bits per heavy atom. The highest BCUT2D eigenvalue weighted by molar-refractivity contribution is 7.80. The Morgan fingerprint density at radius 3 is 2.78 bits per heavy atom. The molecule has 0 bridgehead atoms. The van der Waals surface area contributed by atoms with E-state index in [1.165, 1.54) is 0 Å². The monoisotopic (exact) mass is 331 g/mol. The minimum atomic E-state index is -0.324. The van der Waals surface area contributed by atoms with Gasteiger partial charge in [-0.25, -0.2) is 0 Å². The lowest BCUT2D eigenvalue weighted by molar-refractivity contribution is -0.116. The van der Waals surface area contributed by atoms with Gasteiger partial charge < -0.3 is 4.74 Å². The molecule has 5 heteroatoms. The lowest BCUT2D eigenvalue weighted by Gasteiger charge is -2.18. The quantitative estimate of drug-likeness (QED) is 0.480. The molecule has 0 aliphatic carbocycles. The molecule has 0 radical (unpaired) electrons. The van der Waals surface area contributed by atoms with Crippen molar-refractivity contribution < 1.29 is 14.3 Å². The number of amides is 2. The molecule has 0 aliphatic heterocycles. The van der Waals surface area contributed by atoms with Crippen molar-refractivity contribution in [2.75, 3.05) is 19.8 Å². The Balaban J connectivity index is 2.34. The van der Waals surface area contributed by atoms with E-state index in [2.05, 4.69) is 12.6 Å². The van der Waals surface area contributed by atoms with Crippen LogP contribution in [-0.4, -0.2) is 37.0 Å². The molecular formula is C18H21NO3S. The van der Waals surface area contributed by atoms with Crippen LogP contribution in [0.15, 0.2) is 35.2 Å². The molecule has 122 valence electrons. The summed E-state index contributed by atoms with van der Waals surface area (Å²) in [6.07, 6.45) is 1.47. The van der Waals surface area contributed by atoms with Gasteiger partial charge in [0.2, 0.25) is 6.41 Å². The van der Waals surface area contributed by atoms with Crippen LogP contribution in [0.5, 0.6) is 0 Å². The van der Waals surface area contributed by atoms with E-state index in [0.717, 1.165) is 27.7 Å². The Hall–Kier alpha value is -1.85. The fourth-order valence-electron chi connectivity index (χ4n) is 2.53.